The van der Waals surface area contributed by atoms with Crippen LogP contribution in [0, 0.1) is 0 Å². The average molecular weight is 345 g/mol. The molecular weight excluding hydrogens is 323 g/mol. The molecule has 6 heteroatoms. The van der Waals surface area contributed by atoms with Crippen LogP contribution in [0.25, 0.3) is 0 Å². The third-order valence-corrected chi connectivity index (χ3v) is 4.53. The second-order valence-electron chi connectivity index (χ2n) is 5.82. The van der Waals surface area contributed by atoms with Crippen molar-refractivity contribution in [1.29, 1.82) is 0 Å². The van der Waals surface area contributed by atoms with Crippen LogP contribution in [0.4, 0.5) is 0 Å². The monoisotopic (exact) mass is 344 g/mol. The standard InChI is InChI=1S/C16H21ClN2O2.ClH/c17-12-1-5-15(6-2-12)21-10-8-16(20)19-9-7-13-3-4-14(11-19)18-13;/h1-2,5-6,13-14,18H,3-4,7-11H2;1H. The van der Waals surface area contributed by atoms with Crippen LogP contribution in [-0.4, -0.2) is 42.6 Å². The van der Waals surface area contributed by atoms with Crippen LogP contribution in [-0.2, 0) is 4.79 Å². The predicted octanol–water partition coefficient (Wildman–Crippen LogP) is 2.88. The molecule has 1 N–H and O–H groups in total. The topological polar surface area (TPSA) is 41.6 Å². The molecule has 2 atom stereocenters. The van der Waals surface area contributed by atoms with Crippen LogP contribution in [0.15, 0.2) is 24.3 Å². The van der Waals surface area contributed by atoms with Gasteiger partial charge in [0.1, 0.15) is 5.75 Å². The average Bonchev–Trinajstić information content (AvgIpc) is 2.80. The molecule has 2 aliphatic heterocycles. The van der Waals surface area contributed by atoms with Crippen molar-refractivity contribution in [3.63, 3.8) is 0 Å². The number of nitrogens with one attached hydrogen (secondary N) is 1. The number of amides is 1. The van der Waals surface area contributed by atoms with E-state index in [1.54, 1.807) is 12.1 Å². The van der Waals surface area contributed by atoms with Gasteiger partial charge in [-0.2, -0.15) is 0 Å². The van der Waals surface area contributed by atoms with E-state index < -0.39 is 0 Å². The van der Waals surface area contributed by atoms with Gasteiger partial charge in [0.2, 0.25) is 5.91 Å². The quantitative estimate of drug-likeness (QED) is 0.912. The smallest absolute Gasteiger partial charge is 0.226 e. The molecule has 2 saturated heterocycles. The van der Waals surface area contributed by atoms with Crippen LogP contribution in [0.5, 0.6) is 5.75 Å². The van der Waals surface area contributed by atoms with Crippen molar-refractivity contribution >= 4 is 29.9 Å². The third-order valence-electron chi connectivity index (χ3n) is 4.27. The molecule has 0 spiro atoms. The number of carbonyl (C=O) groups excluding carboxylic acids is 1. The molecule has 0 aliphatic carbocycles. The molecule has 4 nitrogen and oxygen atoms in total. The lowest BCUT2D eigenvalue weighted by atomic mass is 10.1. The zero-order chi connectivity index (χ0) is 14.7. The number of halogens is 2. The Morgan fingerprint density at radius 1 is 1.23 bits per heavy atom. The van der Waals surface area contributed by atoms with E-state index in [2.05, 4.69) is 5.32 Å². The first-order valence-electron chi connectivity index (χ1n) is 7.63. The first-order chi connectivity index (χ1) is 10.2. The summed E-state index contributed by atoms with van der Waals surface area (Å²) in [4.78, 5) is 14.3. The number of carbonyl (C=O) groups is 1. The van der Waals surface area contributed by atoms with Gasteiger partial charge in [0, 0.05) is 30.2 Å². The second kappa shape index (κ2) is 8.04. The Kier molecular flexibility index (Phi) is 6.36. The van der Waals surface area contributed by atoms with Crippen LogP contribution in [0.3, 0.4) is 0 Å². The van der Waals surface area contributed by atoms with Gasteiger partial charge in [0.25, 0.3) is 0 Å². The van der Waals surface area contributed by atoms with Crippen molar-refractivity contribution < 1.29 is 9.53 Å². The molecule has 1 amide bonds. The summed E-state index contributed by atoms with van der Waals surface area (Å²) >= 11 is 5.82. The number of hydrogen-bond donors (Lipinski definition) is 1. The van der Waals surface area contributed by atoms with Gasteiger partial charge in [-0.05, 0) is 43.5 Å². The summed E-state index contributed by atoms with van der Waals surface area (Å²) in [5.74, 6) is 0.946. The van der Waals surface area contributed by atoms with E-state index in [4.69, 9.17) is 16.3 Å². The number of hydrogen-bond acceptors (Lipinski definition) is 3. The van der Waals surface area contributed by atoms with E-state index in [1.807, 2.05) is 17.0 Å². The highest BCUT2D eigenvalue weighted by molar-refractivity contribution is 6.30. The molecule has 2 bridgehead atoms. The van der Waals surface area contributed by atoms with Gasteiger partial charge >= 0.3 is 0 Å². The Hall–Kier alpha value is -0.970. The lowest BCUT2D eigenvalue weighted by Crippen LogP contribution is -2.39. The predicted molar refractivity (Wildman–Crippen MR) is 90.0 cm³/mol. The van der Waals surface area contributed by atoms with Gasteiger partial charge < -0.3 is 15.0 Å². The number of fused-ring (bicyclic) bond motifs is 2. The molecule has 2 fully saturated rings. The summed E-state index contributed by atoms with van der Waals surface area (Å²) in [5, 5.41) is 4.27. The summed E-state index contributed by atoms with van der Waals surface area (Å²) < 4.78 is 5.59. The van der Waals surface area contributed by atoms with E-state index in [9.17, 15) is 4.79 Å². The van der Waals surface area contributed by atoms with Gasteiger partial charge in [-0.1, -0.05) is 11.6 Å². The van der Waals surface area contributed by atoms with Gasteiger partial charge in [0.05, 0.1) is 13.0 Å². The fourth-order valence-electron chi connectivity index (χ4n) is 3.11. The Morgan fingerprint density at radius 2 is 1.95 bits per heavy atom. The number of nitrogens with zero attached hydrogens (tertiary/aromatic N) is 1. The highest BCUT2D eigenvalue weighted by Crippen LogP contribution is 2.21. The Morgan fingerprint density at radius 3 is 2.73 bits per heavy atom. The third kappa shape index (κ3) is 4.51. The number of likely N-dealkylation sites (tertiary alicyclic amines) is 1. The molecule has 0 aromatic heterocycles. The Labute approximate surface area is 142 Å². The van der Waals surface area contributed by atoms with Crippen molar-refractivity contribution in [3.8, 4) is 5.75 Å². The molecule has 0 saturated carbocycles. The fraction of sp³-hybridized carbons (Fsp3) is 0.562. The van der Waals surface area contributed by atoms with Crippen molar-refractivity contribution in [3.05, 3.63) is 29.3 Å². The molecule has 2 heterocycles. The number of benzene rings is 1. The zero-order valence-electron chi connectivity index (χ0n) is 12.5. The minimum absolute atomic E-state index is 0. The van der Waals surface area contributed by atoms with E-state index in [0.717, 1.165) is 25.3 Å². The van der Waals surface area contributed by atoms with Gasteiger partial charge in [0.15, 0.2) is 0 Å². The SMILES string of the molecule is Cl.O=C(CCOc1ccc(Cl)cc1)N1CCC2CCC(C1)N2. The summed E-state index contributed by atoms with van der Waals surface area (Å²) in [5.41, 5.74) is 0. The molecule has 1 aromatic carbocycles. The molecule has 3 rings (SSSR count). The van der Waals surface area contributed by atoms with Gasteiger partial charge in [-0.25, -0.2) is 0 Å². The molecule has 0 radical (unpaired) electrons. The minimum Gasteiger partial charge on any atom is -0.493 e. The fourth-order valence-corrected chi connectivity index (χ4v) is 3.24. The largest absolute Gasteiger partial charge is 0.493 e. The van der Waals surface area contributed by atoms with Crippen LogP contribution < -0.4 is 10.1 Å². The van der Waals surface area contributed by atoms with E-state index in [1.165, 1.54) is 12.8 Å². The lowest BCUT2D eigenvalue weighted by molar-refractivity contribution is -0.131. The molecular formula is C16H22Cl2N2O2. The highest BCUT2D eigenvalue weighted by atomic mass is 35.5. The number of rotatable bonds is 4. The van der Waals surface area contributed by atoms with Gasteiger partial charge in [-0.3, -0.25) is 4.79 Å². The Balaban J connectivity index is 0.00000176. The maximum Gasteiger partial charge on any atom is 0.226 e. The zero-order valence-corrected chi connectivity index (χ0v) is 14.0. The molecule has 2 aliphatic rings. The minimum atomic E-state index is 0. The van der Waals surface area contributed by atoms with Crippen molar-refractivity contribution in [2.24, 2.45) is 0 Å². The van der Waals surface area contributed by atoms with Crippen LogP contribution in [0.2, 0.25) is 5.02 Å². The van der Waals surface area contributed by atoms with Crippen LogP contribution in [0.1, 0.15) is 25.7 Å². The normalized spacial score (nSPS) is 23.6. The highest BCUT2D eigenvalue weighted by Gasteiger charge is 2.30. The molecule has 1 aromatic rings. The first kappa shape index (κ1) is 17.4. The molecule has 2 unspecified atom stereocenters. The lowest BCUT2D eigenvalue weighted by Gasteiger charge is -2.24. The summed E-state index contributed by atoms with van der Waals surface area (Å²) in [6.45, 7) is 2.13. The van der Waals surface area contributed by atoms with E-state index >= 15 is 0 Å². The summed E-state index contributed by atoms with van der Waals surface area (Å²) in [6, 6.07) is 8.31. The van der Waals surface area contributed by atoms with Crippen LogP contribution >= 0.6 is 24.0 Å². The maximum atomic E-state index is 12.3. The summed E-state index contributed by atoms with van der Waals surface area (Å²) in [7, 11) is 0. The number of ether oxygens (including phenoxy) is 1. The van der Waals surface area contributed by atoms with Crippen molar-refractivity contribution in [1.82, 2.24) is 10.2 Å². The molecule has 122 valence electrons. The van der Waals surface area contributed by atoms with E-state index in [-0.39, 0.29) is 18.3 Å². The summed E-state index contributed by atoms with van der Waals surface area (Å²) in [6.07, 6.45) is 3.95. The van der Waals surface area contributed by atoms with Crippen molar-refractivity contribution in [2.45, 2.75) is 37.8 Å². The van der Waals surface area contributed by atoms with Gasteiger partial charge in [-0.15, -0.1) is 12.4 Å². The van der Waals surface area contributed by atoms with Crippen molar-refractivity contribution in [2.75, 3.05) is 19.7 Å². The first-order valence-corrected chi connectivity index (χ1v) is 8.01. The maximum absolute atomic E-state index is 12.3. The molecule has 22 heavy (non-hydrogen) atoms. The Bertz CT molecular complexity index is 495. The van der Waals surface area contributed by atoms with E-state index in [0.29, 0.717) is 30.1 Å². The second-order valence-corrected chi connectivity index (χ2v) is 6.26.